The second-order valence-corrected chi connectivity index (χ2v) is 3.92. The van der Waals surface area contributed by atoms with Crippen LogP contribution >= 0.6 is 11.6 Å². The number of phenolic OH excluding ortho intramolecular Hbond substituents is 1. The van der Waals surface area contributed by atoms with Crippen LogP contribution in [0.5, 0.6) is 11.5 Å². The normalized spacial score (nSPS) is 10.3. The molecule has 17 heavy (non-hydrogen) atoms. The van der Waals surface area contributed by atoms with Crippen molar-refractivity contribution in [3.8, 4) is 22.6 Å². The first-order valence-electron chi connectivity index (χ1n) is 4.95. The molecule has 0 saturated carbocycles. The first kappa shape index (κ1) is 11.7. The maximum absolute atomic E-state index is 13.7. The molecule has 0 aromatic heterocycles. The maximum Gasteiger partial charge on any atom is 0.165 e. The van der Waals surface area contributed by atoms with Crippen LogP contribution < -0.4 is 4.74 Å². The highest BCUT2D eigenvalue weighted by Crippen LogP contribution is 2.38. The van der Waals surface area contributed by atoms with Crippen LogP contribution in [0.4, 0.5) is 4.39 Å². The predicted molar refractivity (Wildman–Crippen MR) is 65.1 cm³/mol. The van der Waals surface area contributed by atoms with Crippen LogP contribution in [0.25, 0.3) is 11.1 Å². The van der Waals surface area contributed by atoms with Gasteiger partial charge in [-0.05, 0) is 24.3 Å². The zero-order chi connectivity index (χ0) is 12.4. The third kappa shape index (κ3) is 2.19. The summed E-state index contributed by atoms with van der Waals surface area (Å²) in [6, 6.07) is 9.19. The molecule has 0 radical (unpaired) electrons. The summed E-state index contributed by atoms with van der Waals surface area (Å²) in [5.74, 6) is -0.269. The average molecular weight is 253 g/mol. The molecule has 0 bridgehead atoms. The van der Waals surface area contributed by atoms with E-state index in [2.05, 4.69) is 0 Å². The molecule has 0 spiro atoms. The lowest BCUT2D eigenvalue weighted by atomic mass is 10.0. The topological polar surface area (TPSA) is 29.5 Å². The van der Waals surface area contributed by atoms with Crippen molar-refractivity contribution in [2.75, 3.05) is 7.11 Å². The summed E-state index contributed by atoms with van der Waals surface area (Å²) < 4.78 is 18.7. The van der Waals surface area contributed by atoms with E-state index in [4.69, 9.17) is 16.3 Å². The lowest BCUT2D eigenvalue weighted by Crippen LogP contribution is -1.88. The molecule has 0 saturated heterocycles. The SMILES string of the molecule is COc1cccc(-c2ccc(Cl)cc2F)c1O. The summed E-state index contributed by atoms with van der Waals surface area (Å²) in [6.45, 7) is 0. The first-order chi connectivity index (χ1) is 8.13. The molecule has 2 aromatic carbocycles. The molecule has 1 N–H and O–H groups in total. The van der Waals surface area contributed by atoms with Gasteiger partial charge in [-0.3, -0.25) is 0 Å². The number of para-hydroxylation sites is 1. The van der Waals surface area contributed by atoms with Gasteiger partial charge in [-0.2, -0.15) is 0 Å². The van der Waals surface area contributed by atoms with Gasteiger partial charge in [-0.1, -0.05) is 23.7 Å². The van der Waals surface area contributed by atoms with Crippen LogP contribution in [-0.2, 0) is 0 Å². The first-order valence-corrected chi connectivity index (χ1v) is 5.32. The fraction of sp³-hybridized carbons (Fsp3) is 0.0769. The molecule has 88 valence electrons. The Morgan fingerprint density at radius 1 is 1.18 bits per heavy atom. The van der Waals surface area contributed by atoms with Crippen molar-refractivity contribution in [2.45, 2.75) is 0 Å². The van der Waals surface area contributed by atoms with Gasteiger partial charge in [0.15, 0.2) is 11.5 Å². The lowest BCUT2D eigenvalue weighted by molar-refractivity contribution is 0.374. The molecular formula is C13H10ClFO2. The van der Waals surface area contributed by atoms with E-state index in [9.17, 15) is 9.50 Å². The second-order valence-electron chi connectivity index (χ2n) is 3.48. The molecular weight excluding hydrogens is 243 g/mol. The number of rotatable bonds is 2. The molecule has 0 fully saturated rings. The Morgan fingerprint density at radius 2 is 1.94 bits per heavy atom. The van der Waals surface area contributed by atoms with Crippen molar-refractivity contribution >= 4 is 11.6 Å². The van der Waals surface area contributed by atoms with Gasteiger partial charge in [0.25, 0.3) is 0 Å². The highest BCUT2D eigenvalue weighted by Gasteiger charge is 2.13. The highest BCUT2D eigenvalue weighted by atomic mass is 35.5. The zero-order valence-electron chi connectivity index (χ0n) is 9.08. The van der Waals surface area contributed by atoms with Gasteiger partial charge >= 0.3 is 0 Å². The molecule has 2 nitrogen and oxygen atoms in total. The summed E-state index contributed by atoms with van der Waals surface area (Å²) in [5, 5.41) is 10.2. The van der Waals surface area contributed by atoms with Gasteiger partial charge in [0, 0.05) is 16.1 Å². The molecule has 0 aliphatic heterocycles. The fourth-order valence-electron chi connectivity index (χ4n) is 1.61. The molecule has 0 aliphatic rings. The number of halogens is 2. The maximum atomic E-state index is 13.7. The van der Waals surface area contributed by atoms with E-state index in [1.165, 1.54) is 19.2 Å². The molecule has 4 heteroatoms. The van der Waals surface area contributed by atoms with Gasteiger partial charge in [0.05, 0.1) is 7.11 Å². The molecule has 2 rings (SSSR count). The van der Waals surface area contributed by atoms with Crippen molar-refractivity contribution in [1.82, 2.24) is 0 Å². The molecule has 0 amide bonds. The van der Waals surface area contributed by atoms with Crippen molar-refractivity contribution in [3.63, 3.8) is 0 Å². The minimum atomic E-state index is -0.485. The smallest absolute Gasteiger partial charge is 0.165 e. The number of benzene rings is 2. The van der Waals surface area contributed by atoms with E-state index in [1.54, 1.807) is 24.3 Å². The van der Waals surface area contributed by atoms with E-state index < -0.39 is 5.82 Å². The fourth-order valence-corrected chi connectivity index (χ4v) is 1.77. The number of phenols is 1. The monoisotopic (exact) mass is 252 g/mol. The Kier molecular flexibility index (Phi) is 3.20. The summed E-state index contributed by atoms with van der Waals surface area (Å²) in [5.41, 5.74) is 0.657. The Balaban J connectivity index is 2.60. The van der Waals surface area contributed by atoms with Crippen molar-refractivity contribution < 1.29 is 14.2 Å². The van der Waals surface area contributed by atoms with Crippen LogP contribution in [0.2, 0.25) is 5.02 Å². The number of ether oxygens (including phenoxy) is 1. The van der Waals surface area contributed by atoms with E-state index in [0.717, 1.165) is 0 Å². The molecule has 2 aromatic rings. The zero-order valence-corrected chi connectivity index (χ0v) is 9.83. The van der Waals surface area contributed by atoms with Crippen molar-refractivity contribution in [2.24, 2.45) is 0 Å². The number of hydrogen-bond acceptors (Lipinski definition) is 2. The van der Waals surface area contributed by atoms with Gasteiger partial charge in [-0.15, -0.1) is 0 Å². The lowest BCUT2D eigenvalue weighted by Gasteiger charge is -2.09. The Morgan fingerprint density at radius 3 is 2.59 bits per heavy atom. The van der Waals surface area contributed by atoms with Crippen molar-refractivity contribution in [3.05, 3.63) is 47.2 Å². The minimum absolute atomic E-state index is 0.0868. The predicted octanol–water partition coefficient (Wildman–Crippen LogP) is 3.86. The highest BCUT2D eigenvalue weighted by molar-refractivity contribution is 6.30. The average Bonchev–Trinajstić information content (AvgIpc) is 2.30. The van der Waals surface area contributed by atoms with Crippen molar-refractivity contribution in [1.29, 1.82) is 0 Å². The third-order valence-corrected chi connectivity index (χ3v) is 2.68. The minimum Gasteiger partial charge on any atom is -0.504 e. The Bertz CT molecular complexity index is 555. The molecule has 0 aliphatic carbocycles. The number of methoxy groups -OCH3 is 1. The summed E-state index contributed by atoms with van der Waals surface area (Å²) in [4.78, 5) is 0. The third-order valence-electron chi connectivity index (χ3n) is 2.44. The number of hydrogen-bond donors (Lipinski definition) is 1. The Labute approximate surface area is 103 Å². The summed E-state index contributed by atoms with van der Waals surface area (Å²) in [6.07, 6.45) is 0. The van der Waals surface area contributed by atoms with Crippen LogP contribution in [0, 0.1) is 5.82 Å². The quantitative estimate of drug-likeness (QED) is 0.879. The van der Waals surface area contributed by atoms with E-state index >= 15 is 0 Å². The van der Waals surface area contributed by atoms with Gasteiger partial charge in [0.2, 0.25) is 0 Å². The van der Waals surface area contributed by atoms with Gasteiger partial charge in [0.1, 0.15) is 5.82 Å². The van der Waals surface area contributed by atoms with Crippen LogP contribution in [0.1, 0.15) is 0 Å². The molecule has 0 atom stereocenters. The van der Waals surface area contributed by atoms with E-state index in [-0.39, 0.29) is 11.3 Å². The number of aromatic hydroxyl groups is 1. The summed E-state index contributed by atoms with van der Waals surface area (Å²) >= 11 is 5.68. The van der Waals surface area contributed by atoms with Crippen LogP contribution in [0.3, 0.4) is 0 Å². The van der Waals surface area contributed by atoms with Crippen LogP contribution in [-0.4, -0.2) is 12.2 Å². The molecule has 0 heterocycles. The van der Waals surface area contributed by atoms with Gasteiger partial charge < -0.3 is 9.84 Å². The largest absolute Gasteiger partial charge is 0.504 e. The van der Waals surface area contributed by atoms with E-state index in [1.807, 2.05) is 0 Å². The standard InChI is InChI=1S/C13H10ClFO2/c1-17-12-4-2-3-10(13(12)16)9-6-5-8(14)7-11(9)15/h2-7,16H,1H3. The second kappa shape index (κ2) is 4.63. The molecule has 0 unspecified atom stereocenters. The van der Waals surface area contributed by atoms with Gasteiger partial charge in [-0.25, -0.2) is 4.39 Å². The summed E-state index contributed by atoms with van der Waals surface area (Å²) in [7, 11) is 1.44. The van der Waals surface area contributed by atoms with Crippen LogP contribution in [0.15, 0.2) is 36.4 Å². The Hall–Kier alpha value is -1.74. The van der Waals surface area contributed by atoms with E-state index in [0.29, 0.717) is 16.3 Å².